The number of amides is 2. The highest BCUT2D eigenvalue weighted by molar-refractivity contribution is 6.71. The molecule has 1 spiro atoms. The maximum atomic E-state index is 13.8. The van der Waals surface area contributed by atoms with E-state index in [0.717, 1.165) is 5.56 Å². The van der Waals surface area contributed by atoms with Gasteiger partial charge in [0.2, 0.25) is 0 Å². The number of aryl methyl sites for hydroxylation is 1. The van der Waals surface area contributed by atoms with Gasteiger partial charge in [-0.05, 0) is 43.3 Å². The van der Waals surface area contributed by atoms with Gasteiger partial charge in [0.05, 0.1) is 24.3 Å². The van der Waals surface area contributed by atoms with E-state index < -0.39 is 68.5 Å². The number of hydrogen-bond donors (Lipinski definition) is 8. The summed E-state index contributed by atoms with van der Waals surface area (Å²) < 4.78 is 13.4. The third-order valence-corrected chi connectivity index (χ3v) is 12.3. The first-order chi connectivity index (χ1) is 22.8. The quantitative estimate of drug-likeness (QED) is 0.139. The van der Waals surface area contributed by atoms with Crippen molar-refractivity contribution >= 4 is 31.5 Å². The molecule has 15 nitrogen and oxygen atoms in total. The van der Waals surface area contributed by atoms with Crippen LogP contribution in [0.2, 0.25) is 18.6 Å². The third kappa shape index (κ3) is 5.97. The Kier molecular flexibility index (Phi) is 9.31. The molecule has 1 unspecified atom stereocenters. The summed E-state index contributed by atoms with van der Waals surface area (Å²) in [7, 11) is -2.95. The first-order valence-corrected chi connectivity index (χ1v) is 18.9. The summed E-state index contributed by atoms with van der Waals surface area (Å²) in [6, 6.07) is 14.2. The van der Waals surface area contributed by atoms with Crippen LogP contribution >= 0.6 is 0 Å². The summed E-state index contributed by atoms with van der Waals surface area (Å²) in [5.41, 5.74) is 0.821. The molecule has 2 aromatic carbocycles. The second kappa shape index (κ2) is 13.0. The lowest BCUT2D eigenvalue weighted by Gasteiger charge is -2.37. The van der Waals surface area contributed by atoms with E-state index in [-0.39, 0.29) is 23.8 Å². The number of carbonyl (C=O) groups excluding carboxylic acids is 2. The molecule has 4 heterocycles. The zero-order chi connectivity index (χ0) is 34.5. The van der Waals surface area contributed by atoms with Gasteiger partial charge in [-0.3, -0.25) is 14.3 Å². The predicted molar refractivity (Wildman–Crippen MR) is 172 cm³/mol. The van der Waals surface area contributed by atoms with Gasteiger partial charge in [-0.1, -0.05) is 42.5 Å². The summed E-state index contributed by atoms with van der Waals surface area (Å²) in [6.07, 6.45) is -7.35. The average molecular weight is 684 g/mol. The Morgan fingerprint density at radius 2 is 1.83 bits per heavy atom. The normalized spacial score (nSPS) is 32.2. The van der Waals surface area contributed by atoms with Gasteiger partial charge in [0.1, 0.15) is 18.3 Å². The van der Waals surface area contributed by atoms with E-state index in [4.69, 9.17) is 9.47 Å². The molecular weight excluding hydrogens is 642 g/mol. The van der Waals surface area contributed by atoms with E-state index in [0.29, 0.717) is 29.9 Å². The number of aliphatic hydroxyl groups excluding tert-OH is 5. The molecule has 1 aromatic heterocycles. The van der Waals surface area contributed by atoms with Crippen molar-refractivity contribution < 1.29 is 49.4 Å². The van der Waals surface area contributed by atoms with Crippen molar-refractivity contribution in [2.24, 2.45) is 5.92 Å². The number of anilines is 2. The van der Waals surface area contributed by atoms with Gasteiger partial charge in [0.25, 0.3) is 11.8 Å². The van der Waals surface area contributed by atoms with Crippen LogP contribution < -0.4 is 10.6 Å². The topological polar surface area (TPSA) is 229 Å². The first-order valence-electron chi connectivity index (χ1n) is 15.9. The number of nitrogens with one attached hydrogen (secondary N) is 2. The van der Waals surface area contributed by atoms with Crippen LogP contribution in [0.3, 0.4) is 0 Å². The summed E-state index contributed by atoms with van der Waals surface area (Å²) in [5, 5.41) is 64.1. The van der Waals surface area contributed by atoms with Crippen molar-refractivity contribution in [3.05, 3.63) is 71.5 Å². The van der Waals surface area contributed by atoms with E-state index in [1.165, 1.54) is 6.07 Å². The highest BCUT2D eigenvalue weighted by atomic mass is 28.4. The van der Waals surface area contributed by atoms with Crippen LogP contribution in [-0.2, 0) is 31.2 Å². The van der Waals surface area contributed by atoms with Gasteiger partial charge >= 0.3 is 0 Å². The molecule has 258 valence electrons. The molecule has 2 amide bonds. The third-order valence-electron chi connectivity index (χ3n) is 9.79. The Morgan fingerprint density at radius 3 is 2.52 bits per heavy atom. The van der Waals surface area contributed by atoms with E-state index >= 15 is 0 Å². The van der Waals surface area contributed by atoms with Gasteiger partial charge in [-0.2, -0.15) is 0 Å². The lowest BCUT2D eigenvalue weighted by Crippen LogP contribution is -2.60. The number of aliphatic hydroxyl groups is 5. The molecule has 6 rings (SSSR count). The minimum absolute atomic E-state index is 0.140. The molecule has 3 aromatic rings. The van der Waals surface area contributed by atoms with Gasteiger partial charge < -0.3 is 50.4 Å². The van der Waals surface area contributed by atoms with Crippen LogP contribution in [0.25, 0.3) is 0 Å². The molecule has 0 saturated carbocycles. The second-order valence-electron chi connectivity index (χ2n) is 13.3. The molecule has 3 aliphatic rings. The number of nitrogens with zero attached hydrogens (tertiary/aromatic N) is 3. The van der Waals surface area contributed by atoms with Gasteiger partial charge in [0.15, 0.2) is 26.3 Å². The Morgan fingerprint density at radius 1 is 1.10 bits per heavy atom. The number of ether oxygens (including phenoxy) is 2. The molecule has 2 fully saturated rings. The number of fused-ring (bicyclic) bond motifs is 2. The van der Waals surface area contributed by atoms with Crippen molar-refractivity contribution in [3.8, 4) is 0 Å². The summed E-state index contributed by atoms with van der Waals surface area (Å²) >= 11 is 0. The number of carbonyl (C=O) groups is 2. The lowest BCUT2D eigenvalue weighted by molar-refractivity contribution is -0.274. The van der Waals surface area contributed by atoms with Crippen LogP contribution in [0.1, 0.15) is 36.1 Å². The molecule has 0 bridgehead atoms. The van der Waals surface area contributed by atoms with Crippen molar-refractivity contribution in [2.75, 3.05) is 17.2 Å². The smallest absolute Gasteiger partial charge is 0.261 e. The maximum Gasteiger partial charge on any atom is 0.261 e. The summed E-state index contributed by atoms with van der Waals surface area (Å²) in [6.45, 7) is 5.72. The number of hydrogen-bond acceptors (Lipinski definition) is 12. The first kappa shape index (κ1) is 34.3. The van der Waals surface area contributed by atoms with E-state index in [9.17, 15) is 39.9 Å². The van der Waals surface area contributed by atoms with Crippen molar-refractivity contribution in [1.82, 2.24) is 15.0 Å². The number of rotatable bonds is 9. The predicted octanol–water partition coefficient (Wildman–Crippen LogP) is -0.0191. The maximum absolute atomic E-state index is 13.8. The standard InChI is InChI=1S/C32H41N5O10Si/c1-16-28(48(2,3)45)23(11-12-37-14-22(35-36-37)19(15-38)17-7-5-4-6-8-17)47-32(16)20-13-18(9-10-21(20)34-31(32)44)33-29(42)27-25(40)24(39)26(41)30(43)46-27/h4-10,13-14,16,19,23-28,30,38-41,43,45H,11-12,15H2,1-3H3,(H,33,42)(H,34,44)/t16-,19?,23+,24-,25-,26+,27-,28-,30+,32+/m0/s1. The average Bonchev–Trinajstić information content (AvgIpc) is 3.72. The summed E-state index contributed by atoms with van der Waals surface area (Å²) in [4.78, 5) is 38.3. The second-order valence-corrected chi connectivity index (χ2v) is 17.3. The SMILES string of the molecule is C[C@H]1[C@H]([Si](C)(C)O)[C@@H](CCn2cc(C(CO)c3ccccc3)nn2)O[C@]12C(=O)Nc1ccc(NC(=O)[C@H]3O[C@@H](O)[C@H](O)[C@@H](O)[C@@H]3O)cc12. The van der Waals surface area contributed by atoms with Crippen LogP contribution in [0.15, 0.2) is 54.7 Å². The monoisotopic (exact) mass is 683 g/mol. The molecule has 3 aliphatic heterocycles. The van der Waals surface area contributed by atoms with Crippen LogP contribution in [0.4, 0.5) is 11.4 Å². The minimum atomic E-state index is -2.95. The van der Waals surface area contributed by atoms with Gasteiger partial charge in [-0.25, -0.2) is 0 Å². The number of benzene rings is 2. The Bertz CT molecular complexity index is 1650. The van der Waals surface area contributed by atoms with Gasteiger partial charge in [0, 0.05) is 41.1 Å². The van der Waals surface area contributed by atoms with E-state index in [2.05, 4.69) is 20.9 Å². The lowest BCUT2D eigenvalue weighted by atomic mass is 9.82. The fourth-order valence-corrected chi connectivity index (χ4v) is 10.0. The zero-order valence-corrected chi connectivity index (χ0v) is 27.7. The van der Waals surface area contributed by atoms with Crippen molar-refractivity contribution in [1.29, 1.82) is 0 Å². The van der Waals surface area contributed by atoms with Crippen molar-refractivity contribution in [2.45, 2.75) is 86.9 Å². The summed E-state index contributed by atoms with van der Waals surface area (Å²) in [5.74, 6) is -2.10. The highest BCUT2D eigenvalue weighted by Crippen LogP contribution is 2.58. The molecule has 2 saturated heterocycles. The fraction of sp³-hybridized carbons (Fsp3) is 0.500. The van der Waals surface area contributed by atoms with Crippen LogP contribution in [0, 0.1) is 5.92 Å². The molecule has 0 radical (unpaired) electrons. The molecule has 10 atom stereocenters. The molecule has 16 heteroatoms. The van der Waals surface area contributed by atoms with E-state index in [1.807, 2.05) is 50.3 Å². The molecular formula is C32H41N5O10Si. The van der Waals surface area contributed by atoms with Crippen LogP contribution in [-0.4, -0.2) is 109 Å². The molecule has 8 N–H and O–H groups in total. The Labute approximate surface area is 277 Å². The largest absolute Gasteiger partial charge is 0.432 e. The fourth-order valence-electron chi connectivity index (χ4n) is 7.43. The molecule has 48 heavy (non-hydrogen) atoms. The van der Waals surface area contributed by atoms with E-state index in [1.54, 1.807) is 23.0 Å². The van der Waals surface area contributed by atoms with Crippen LogP contribution in [0.5, 0.6) is 0 Å². The highest BCUT2D eigenvalue weighted by Gasteiger charge is 2.64. The van der Waals surface area contributed by atoms with Crippen molar-refractivity contribution in [3.63, 3.8) is 0 Å². The Hall–Kier alpha value is -3.58. The molecule has 0 aliphatic carbocycles. The Balaban J connectivity index is 1.23. The van der Waals surface area contributed by atoms with Gasteiger partial charge in [-0.15, -0.1) is 5.10 Å². The number of aromatic nitrogens is 3. The minimum Gasteiger partial charge on any atom is -0.432 e. The zero-order valence-electron chi connectivity index (χ0n) is 26.7.